The lowest BCUT2D eigenvalue weighted by Crippen LogP contribution is -2.01. The number of methoxy groups -OCH3 is 1. The highest BCUT2D eigenvalue weighted by molar-refractivity contribution is 7.13. The number of carbonyl (C=O) groups is 1. The summed E-state index contributed by atoms with van der Waals surface area (Å²) >= 11 is 1.38. The third-order valence-corrected chi connectivity index (χ3v) is 4.53. The van der Waals surface area contributed by atoms with E-state index in [0.29, 0.717) is 16.3 Å². The van der Waals surface area contributed by atoms with Gasteiger partial charge in [0, 0.05) is 17.0 Å². The molecule has 3 rings (SSSR count). The van der Waals surface area contributed by atoms with Crippen LogP contribution in [0, 0.1) is 11.6 Å². The van der Waals surface area contributed by atoms with E-state index in [2.05, 4.69) is 4.98 Å². The van der Waals surface area contributed by atoms with Gasteiger partial charge < -0.3 is 9.47 Å². The molecule has 0 atom stereocenters. The fourth-order valence-electron chi connectivity index (χ4n) is 2.24. The van der Waals surface area contributed by atoms with Gasteiger partial charge in [-0.05, 0) is 48.0 Å². The summed E-state index contributed by atoms with van der Waals surface area (Å²) in [5.41, 5.74) is 1.90. The summed E-state index contributed by atoms with van der Waals surface area (Å²) in [5.74, 6) is -1.26. The molecular weight excluding hydrogens is 372 g/mol. The van der Waals surface area contributed by atoms with Crippen LogP contribution in [-0.2, 0) is 16.1 Å². The molecule has 0 bridgehead atoms. The standard InChI is InChI=1S/C20H15F2NO3S/c1-25-18-8-2-13(10-17(18)22)3-9-19(24)26-11-16-12-27-20(23-16)14-4-6-15(21)7-5-14/h2-10,12H,11H2,1H3/b9-3+. The summed E-state index contributed by atoms with van der Waals surface area (Å²) in [4.78, 5) is 16.2. The zero-order chi connectivity index (χ0) is 19.2. The molecule has 0 amide bonds. The second-order valence-corrected chi connectivity index (χ2v) is 6.34. The zero-order valence-electron chi connectivity index (χ0n) is 14.3. The molecule has 0 radical (unpaired) electrons. The molecular formula is C20H15F2NO3S. The van der Waals surface area contributed by atoms with Crippen LogP contribution in [0.4, 0.5) is 8.78 Å². The Kier molecular flexibility index (Phi) is 5.93. The number of carbonyl (C=O) groups excluding carboxylic acids is 1. The molecule has 0 aliphatic heterocycles. The van der Waals surface area contributed by atoms with E-state index < -0.39 is 11.8 Å². The molecule has 0 saturated carbocycles. The Hall–Kier alpha value is -3.06. The van der Waals surface area contributed by atoms with Crippen molar-refractivity contribution >= 4 is 23.4 Å². The van der Waals surface area contributed by atoms with E-state index in [0.717, 1.165) is 5.56 Å². The number of nitrogens with zero attached hydrogens (tertiary/aromatic N) is 1. The van der Waals surface area contributed by atoms with Gasteiger partial charge in [0.2, 0.25) is 0 Å². The van der Waals surface area contributed by atoms with Gasteiger partial charge in [0.05, 0.1) is 12.8 Å². The molecule has 138 valence electrons. The minimum Gasteiger partial charge on any atom is -0.494 e. The summed E-state index contributed by atoms with van der Waals surface area (Å²) < 4.78 is 36.5. The predicted molar refractivity (Wildman–Crippen MR) is 99.3 cm³/mol. The van der Waals surface area contributed by atoms with Gasteiger partial charge in [-0.1, -0.05) is 6.07 Å². The number of hydrogen-bond acceptors (Lipinski definition) is 5. The quantitative estimate of drug-likeness (QED) is 0.448. The van der Waals surface area contributed by atoms with Crippen molar-refractivity contribution < 1.29 is 23.0 Å². The van der Waals surface area contributed by atoms with E-state index in [1.807, 2.05) is 0 Å². The van der Waals surface area contributed by atoms with Crippen molar-refractivity contribution in [2.24, 2.45) is 0 Å². The fraction of sp³-hybridized carbons (Fsp3) is 0.100. The number of thiazole rings is 1. The highest BCUT2D eigenvalue weighted by Crippen LogP contribution is 2.24. The van der Waals surface area contributed by atoms with Crippen LogP contribution in [0.2, 0.25) is 0 Å². The van der Waals surface area contributed by atoms with Crippen molar-refractivity contribution in [2.75, 3.05) is 7.11 Å². The Morgan fingerprint density at radius 1 is 1.19 bits per heavy atom. The van der Waals surface area contributed by atoms with Crippen molar-refractivity contribution in [3.63, 3.8) is 0 Å². The van der Waals surface area contributed by atoms with Gasteiger partial charge in [0.25, 0.3) is 0 Å². The Morgan fingerprint density at radius 2 is 1.96 bits per heavy atom. The first-order valence-electron chi connectivity index (χ1n) is 7.94. The maximum atomic E-state index is 13.6. The first-order valence-corrected chi connectivity index (χ1v) is 8.82. The number of ether oxygens (including phenoxy) is 2. The Morgan fingerprint density at radius 3 is 2.67 bits per heavy atom. The highest BCUT2D eigenvalue weighted by Gasteiger charge is 2.07. The number of halogens is 2. The third kappa shape index (κ3) is 4.98. The van der Waals surface area contributed by atoms with Crippen molar-refractivity contribution in [3.8, 4) is 16.3 Å². The molecule has 0 spiro atoms. The molecule has 4 nitrogen and oxygen atoms in total. The van der Waals surface area contributed by atoms with Crippen LogP contribution in [0.25, 0.3) is 16.6 Å². The highest BCUT2D eigenvalue weighted by atomic mass is 32.1. The smallest absolute Gasteiger partial charge is 0.331 e. The Labute approximate surface area is 158 Å². The van der Waals surface area contributed by atoms with Crippen LogP contribution in [0.5, 0.6) is 5.75 Å². The lowest BCUT2D eigenvalue weighted by atomic mass is 10.2. The molecule has 7 heteroatoms. The molecule has 3 aromatic rings. The second-order valence-electron chi connectivity index (χ2n) is 5.49. The van der Waals surface area contributed by atoms with Crippen LogP contribution in [0.3, 0.4) is 0 Å². The molecule has 0 aliphatic carbocycles. The van der Waals surface area contributed by atoms with Crippen LogP contribution in [-0.4, -0.2) is 18.1 Å². The van der Waals surface area contributed by atoms with Gasteiger partial charge in [0.15, 0.2) is 11.6 Å². The normalized spacial score (nSPS) is 10.9. The van der Waals surface area contributed by atoms with E-state index in [1.54, 1.807) is 23.6 Å². The Balaban J connectivity index is 1.56. The number of hydrogen-bond donors (Lipinski definition) is 0. The van der Waals surface area contributed by atoms with Crippen molar-refractivity contribution in [3.05, 3.63) is 76.8 Å². The van der Waals surface area contributed by atoms with Crippen molar-refractivity contribution in [2.45, 2.75) is 6.61 Å². The lowest BCUT2D eigenvalue weighted by Gasteiger charge is -2.02. The molecule has 0 N–H and O–H groups in total. The predicted octanol–water partition coefficient (Wildman–Crippen LogP) is 4.85. The SMILES string of the molecule is COc1ccc(/C=C/C(=O)OCc2csc(-c3ccc(F)cc3)n2)cc1F. The van der Waals surface area contributed by atoms with Gasteiger partial charge in [-0.15, -0.1) is 11.3 Å². The van der Waals surface area contributed by atoms with Crippen LogP contribution < -0.4 is 4.74 Å². The average Bonchev–Trinajstić information content (AvgIpc) is 3.14. The van der Waals surface area contributed by atoms with Gasteiger partial charge in [-0.3, -0.25) is 0 Å². The van der Waals surface area contributed by atoms with E-state index >= 15 is 0 Å². The molecule has 0 unspecified atom stereocenters. The van der Waals surface area contributed by atoms with E-state index in [-0.39, 0.29) is 18.2 Å². The number of rotatable bonds is 6. The molecule has 1 aromatic heterocycles. The van der Waals surface area contributed by atoms with Crippen molar-refractivity contribution in [1.82, 2.24) is 4.98 Å². The monoisotopic (exact) mass is 387 g/mol. The van der Waals surface area contributed by atoms with Gasteiger partial charge in [-0.25, -0.2) is 18.6 Å². The van der Waals surface area contributed by atoms with E-state index in [9.17, 15) is 13.6 Å². The van der Waals surface area contributed by atoms with Crippen LogP contribution >= 0.6 is 11.3 Å². The average molecular weight is 387 g/mol. The largest absolute Gasteiger partial charge is 0.494 e. The summed E-state index contributed by atoms with van der Waals surface area (Å²) in [6.07, 6.45) is 2.67. The van der Waals surface area contributed by atoms with Crippen molar-refractivity contribution in [1.29, 1.82) is 0 Å². The third-order valence-electron chi connectivity index (χ3n) is 3.59. The zero-order valence-corrected chi connectivity index (χ0v) is 15.1. The molecule has 0 aliphatic rings. The second kappa shape index (κ2) is 8.55. The number of esters is 1. The van der Waals surface area contributed by atoms with E-state index in [4.69, 9.17) is 9.47 Å². The summed E-state index contributed by atoms with van der Waals surface area (Å²) in [6.45, 7) is 0.0117. The minimum atomic E-state index is -0.567. The fourth-order valence-corrected chi connectivity index (χ4v) is 3.05. The summed E-state index contributed by atoms with van der Waals surface area (Å²) in [7, 11) is 1.38. The number of benzene rings is 2. The number of aromatic nitrogens is 1. The molecule has 2 aromatic carbocycles. The maximum Gasteiger partial charge on any atom is 0.331 e. The lowest BCUT2D eigenvalue weighted by molar-refractivity contribution is -0.139. The van der Waals surface area contributed by atoms with Crippen LogP contribution in [0.1, 0.15) is 11.3 Å². The molecule has 0 saturated heterocycles. The van der Waals surface area contributed by atoms with E-state index in [1.165, 1.54) is 54.9 Å². The maximum absolute atomic E-state index is 13.6. The topological polar surface area (TPSA) is 48.4 Å². The van der Waals surface area contributed by atoms with Crippen LogP contribution in [0.15, 0.2) is 53.9 Å². The molecule has 0 fully saturated rings. The minimum absolute atomic E-state index is 0.0117. The molecule has 1 heterocycles. The first kappa shape index (κ1) is 18.7. The first-order chi connectivity index (χ1) is 13.0. The Bertz CT molecular complexity index is 968. The van der Waals surface area contributed by atoms with Gasteiger partial charge >= 0.3 is 5.97 Å². The summed E-state index contributed by atoms with van der Waals surface area (Å²) in [6, 6.07) is 10.4. The van der Waals surface area contributed by atoms with Gasteiger partial charge in [0.1, 0.15) is 17.4 Å². The molecule has 27 heavy (non-hydrogen) atoms. The van der Waals surface area contributed by atoms with Gasteiger partial charge in [-0.2, -0.15) is 0 Å². The summed E-state index contributed by atoms with van der Waals surface area (Å²) in [5, 5.41) is 2.49.